The van der Waals surface area contributed by atoms with Gasteiger partial charge < -0.3 is 39.9 Å². The number of allylic oxidation sites excluding steroid dienone is 6. The van der Waals surface area contributed by atoms with Gasteiger partial charge in [-0.1, -0.05) is 45.9 Å². The van der Waals surface area contributed by atoms with Crippen molar-refractivity contribution >= 4 is 55.3 Å². The Labute approximate surface area is 420 Å². The van der Waals surface area contributed by atoms with Crippen molar-refractivity contribution in [3.05, 3.63) is 107 Å². The number of hydrogen-bond donors (Lipinski definition) is 5. The van der Waals surface area contributed by atoms with Crippen molar-refractivity contribution in [3.8, 4) is 23.5 Å². The van der Waals surface area contributed by atoms with E-state index in [-0.39, 0.29) is 42.8 Å². The minimum Gasteiger partial charge on any atom is -0.492 e. The third kappa shape index (κ3) is 13.2. The molecular formula is C46H56N8O17S2. The molecule has 0 aromatic carbocycles. The number of aliphatic imine (C=N–C) groups is 2. The molecule has 6 rings (SSSR count). The molecule has 2 amide bonds. The van der Waals surface area contributed by atoms with Gasteiger partial charge in [0.2, 0.25) is 23.5 Å². The Hall–Kier alpha value is -7.46. The average molecular weight is 1060 g/mol. The first-order valence-corrected chi connectivity index (χ1v) is 25.9. The fourth-order valence-corrected chi connectivity index (χ4v) is 8.96. The number of sulfone groups is 1. The summed E-state index contributed by atoms with van der Waals surface area (Å²) < 4.78 is 57.7. The van der Waals surface area contributed by atoms with E-state index in [9.17, 15) is 61.0 Å². The van der Waals surface area contributed by atoms with E-state index >= 15 is 0 Å². The lowest BCUT2D eigenvalue weighted by Crippen LogP contribution is -2.39. The Morgan fingerprint density at radius 2 is 1.25 bits per heavy atom. The lowest BCUT2D eigenvalue weighted by atomic mass is 9.78. The first-order valence-electron chi connectivity index (χ1n) is 22.3. The highest BCUT2D eigenvalue weighted by Gasteiger charge is 2.44. The molecule has 1 unspecified atom stereocenters. The van der Waals surface area contributed by atoms with Crippen LogP contribution in [0, 0.1) is 10.8 Å². The van der Waals surface area contributed by atoms with Gasteiger partial charge in [-0.2, -0.15) is 8.42 Å². The van der Waals surface area contributed by atoms with E-state index < -0.39 is 103 Å². The summed E-state index contributed by atoms with van der Waals surface area (Å²) in [6.45, 7) is 6.26. The van der Waals surface area contributed by atoms with Crippen molar-refractivity contribution in [1.82, 2.24) is 29.4 Å². The van der Waals surface area contributed by atoms with Gasteiger partial charge in [-0.05, 0) is 42.7 Å². The first kappa shape index (κ1) is 54.9. The zero-order valence-electron chi connectivity index (χ0n) is 40.8. The summed E-state index contributed by atoms with van der Waals surface area (Å²) in [6.07, 6.45) is 15.8. The number of fused-ring (bicyclic) bond motifs is 2. The van der Waals surface area contributed by atoms with Gasteiger partial charge in [-0.15, -0.1) is 9.46 Å². The molecule has 25 nitrogen and oxygen atoms in total. The highest BCUT2D eigenvalue weighted by Crippen LogP contribution is 2.46. The van der Waals surface area contributed by atoms with Crippen molar-refractivity contribution < 1.29 is 80.3 Å². The van der Waals surface area contributed by atoms with Crippen LogP contribution in [0.3, 0.4) is 0 Å². The SMILES string of the molecule is CN(OCC(=O)On1c(O)ccc1O)C(=O)C1=CN(CCCS(=O)(=O)O)C2=NC(=CC=CC=CC3=NC4C(=CC(C(=O)N(C)OCC(=O)On5c(O)ccc5O)=CN4CCCS(C)(=O)=O)C3(C)C)C(C)(C)C2=C1. The molecule has 0 fully saturated rings. The molecule has 1 atom stereocenters. The van der Waals surface area contributed by atoms with Crippen LogP contribution in [-0.4, -0.2) is 171 Å². The maximum absolute atomic E-state index is 13.7. The molecule has 6 heterocycles. The van der Waals surface area contributed by atoms with Gasteiger partial charge in [0.05, 0.1) is 28.3 Å². The van der Waals surface area contributed by atoms with Gasteiger partial charge >= 0.3 is 11.9 Å². The minimum atomic E-state index is -4.32. The molecule has 73 heavy (non-hydrogen) atoms. The zero-order chi connectivity index (χ0) is 53.8. The lowest BCUT2D eigenvalue weighted by Gasteiger charge is -2.34. The molecule has 0 aliphatic carbocycles. The second-order valence-corrected chi connectivity index (χ2v) is 21.8. The first-order chi connectivity index (χ1) is 34.1. The van der Waals surface area contributed by atoms with E-state index in [0.717, 1.165) is 46.2 Å². The van der Waals surface area contributed by atoms with Crippen LogP contribution in [0.5, 0.6) is 23.5 Å². The highest BCUT2D eigenvalue weighted by atomic mass is 32.2. The monoisotopic (exact) mass is 1060 g/mol. The molecule has 2 aromatic heterocycles. The normalized spacial score (nSPS) is 18.7. The summed E-state index contributed by atoms with van der Waals surface area (Å²) in [6, 6.07) is 4.37. The van der Waals surface area contributed by atoms with Crippen molar-refractivity contribution in [3.63, 3.8) is 0 Å². The largest absolute Gasteiger partial charge is 0.492 e. The van der Waals surface area contributed by atoms with Crippen LogP contribution in [0.1, 0.15) is 40.5 Å². The summed E-state index contributed by atoms with van der Waals surface area (Å²) in [5.74, 6) is -5.92. The Morgan fingerprint density at radius 3 is 1.77 bits per heavy atom. The number of nitrogens with zero attached hydrogens (tertiary/aromatic N) is 8. The molecule has 0 bridgehead atoms. The Morgan fingerprint density at radius 1 is 0.726 bits per heavy atom. The average Bonchev–Trinajstić information content (AvgIpc) is 3.97. The number of likely N-dealkylation sites (N-methyl/N-ethyl adjacent to an activating group) is 2. The number of hydroxylamine groups is 4. The van der Waals surface area contributed by atoms with E-state index in [0.29, 0.717) is 32.3 Å². The number of amidine groups is 1. The predicted molar refractivity (Wildman–Crippen MR) is 260 cm³/mol. The fraction of sp³-hybridized carbons (Fsp3) is 0.391. The van der Waals surface area contributed by atoms with Gasteiger partial charge in [0.1, 0.15) is 21.8 Å². The molecular weight excluding hydrogens is 1000 g/mol. The second kappa shape index (κ2) is 21.7. The predicted octanol–water partition coefficient (Wildman–Crippen LogP) is 1.71. The lowest BCUT2D eigenvalue weighted by molar-refractivity contribution is -0.186. The van der Waals surface area contributed by atoms with E-state index in [4.69, 9.17) is 29.3 Å². The quantitative estimate of drug-likeness (QED) is 0.0675. The fourth-order valence-electron chi connectivity index (χ4n) is 7.81. The van der Waals surface area contributed by atoms with E-state index in [2.05, 4.69) is 0 Å². The summed E-state index contributed by atoms with van der Waals surface area (Å²) in [5.41, 5.74) is 1.16. The van der Waals surface area contributed by atoms with Gasteiger partial charge in [0.25, 0.3) is 21.9 Å². The second-order valence-electron chi connectivity index (χ2n) is 18.0. The third-order valence-corrected chi connectivity index (χ3v) is 13.6. The van der Waals surface area contributed by atoms with Crippen LogP contribution in [0.25, 0.3) is 0 Å². The molecule has 5 N–H and O–H groups in total. The molecule has 0 radical (unpaired) electrons. The van der Waals surface area contributed by atoms with Gasteiger partial charge in [-0.25, -0.2) is 33.1 Å². The van der Waals surface area contributed by atoms with Crippen LogP contribution in [0.4, 0.5) is 0 Å². The van der Waals surface area contributed by atoms with Crippen LogP contribution >= 0.6 is 0 Å². The Balaban J connectivity index is 1.17. The standard InChI is InChI=1S/C46H56N8O17S2/c1-45(2)31-23-29(43(61)49(5)68-27-39(59)70-53-35(55)15-16-36(53)56)25-51(19-11-21-72(7,63)64)41(31)47-33(45)13-9-8-10-14-34-46(3,4)32-24-30(26-52(42(32)48-34)20-12-22-73(65,66)67)44(62)50(6)69-28-40(60)71-54-37(57)17-18-38(54)58/h8-10,13-18,23-26,41,55-58H,11-12,19-22,27-28H2,1-7H3,(H,65,66,67). The van der Waals surface area contributed by atoms with Crippen LogP contribution < -0.4 is 9.68 Å². The molecule has 0 saturated heterocycles. The topological polar surface area (TPSA) is 322 Å². The molecule has 4 aliphatic heterocycles. The Kier molecular flexibility index (Phi) is 16.3. The molecule has 0 spiro atoms. The van der Waals surface area contributed by atoms with Gasteiger partial charge in [0, 0.05) is 92.2 Å². The molecule has 394 valence electrons. The number of amides is 2. The summed E-state index contributed by atoms with van der Waals surface area (Å²) >= 11 is 0. The van der Waals surface area contributed by atoms with E-state index in [1.165, 1.54) is 20.3 Å². The number of carbonyl (C=O) groups excluding carboxylic acids is 4. The minimum absolute atomic E-state index is 0.0286. The smallest absolute Gasteiger partial charge is 0.361 e. The number of hydrogen-bond acceptors (Lipinski definition) is 20. The number of aromatic nitrogens is 2. The van der Waals surface area contributed by atoms with Gasteiger partial charge in [-0.3, -0.25) is 28.8 Å². The number of rotatable bonds is 21. The Bertz CT molecular complexity index is 3020. The number of carbonyl (C=O) groups is 4. The molecule has 2 aromatic rings. The van der Waals surface area contributed by atoms with Crippen LogP contribution in [0.2, 0.25) is 0 Å². The van der Waals surface area contributed by atoms with Crippen molar-refractivity contribution in [2.75, 3.05) is 58.2 Å². The summed E-state index contributed by atoms with van der Waals surface area (Å²) in [4.78, 5) is 85.8. The van der Waals surface area contributed by atoms with Crippen molar-refractivity contribution in [2.24, 2.45) is 20.8 Å². The zero-order valence-corrected chi connectivity index (χ0v) is 42.4. The molecule has 0 saturated carbocycles. The molecule has 27 heteroatoms. The van der Waals surface area contributed by atoms with E-state index in [1.807, 2.05) is 27.7 Å². The molecule has 4 aliphatic rings. The van der Waals surface area contributed by atoms with Crippen LogP contribution in [-0.2, 0) is 48.8 Å². The van der Waals surface area contributed by atoms with Crippen LogP contribution in [0.15, 0.2) is 117 Å². The maximum atomic E-state index is 13.7. The summed E-state index contributed by atoms with van der Waals surface area (Å²) in [5, 5.41) is 40.6. The summed E-state index contributed by atoms with van der Waals surface area (Å²) in [7, 11) is -5.10. The van der Waals surface area contributed by atoms with Gasteiger partial charge in [0.15, 0.2) is 13.2 Å². The van der Waals surface area contributed by atoms with Crippen molar-refractivity contribution in [2.45, 2.75) is 46.7 Å². The maximum Gasteiger partial charge on any atom is 0.361 e. The number of aromatic hydroxyl groups is 4. The third-order valence-electron chi connectivity index (χ3n) is 11.7. The highest BCUT2D eigenvalue weighted by molar-refractivity contribution is 7.90. The van der Waals surface area contributed by atoms with Crippen molar-refractivity contribution in [1.29, 1.82) is 0 Å². The van der Waals surface area contributed by atoms with E-state index in [1.54, 1.807) is 58.5 Å².